The van der Waals surface area contributed by atoms with Gasteiger partial charge < -0.3 is 0 Å². The quantitative estimate of drug-likeness (QED) is 0.0761. The molecule has 1 saturated heterocycles. The second-order valence-electron chi connectivity index (χ2n) is 14.6. The van der Waals surface area contributed by atoms with E-state index in [-0.39, 0.29) is 36.3 Å². The predicted molar refractivity (Wildman–Crippen MR) is 189 cm³/mol. The first-order valence-electron chi connectivity index (χ1n) is 18.9. The molecule has 47 heavy (non-hydrogen) atoms. The Morgan fingerprint density at radius 2 is 1.40 bits per heavy atom. The van der Waals surface area contributed by atoms with Gasteiger partial charge >= 0.3 is 0 Å². The summed E-state index contributed by atoms with van der Waals surface area (Å²) in [6.07, 6.45) is 18.0. The van der Waals surface area contributed by atoms with Gasteiger partial charge in [-0.2, -0.15) is 14.7 Å². The third kappa shape index (κ3) is 9.53. The molecule has 9 unspecified atom stereocenters. The van der Waals surface area contributed by atoms with Crippen LogP contribution in [0.4, 0.5) is 5.13 Å². The van der Waals surface area contributed by atoms with E-state index in [4.69, 9.17) is 14.3 Å². The van der Waals surface area contributed by atoms with Gasteiger partial charge in [0, 0.05) is 18.0 Å². The molecule has 5 rings (SSSR count). The minimum Gasteiger partial charge on any atom is -0.297 e. The Kier molecular flexibility index (Phi) is 14.7. The minimum absolute atomic E-state index is 0.0125. The van der Waals surface area contributed by atoms with Crippen LogP contribution in [0.15, 0.2) is 14.6 Å². The summed E-state index contributed by atoms with van der Waals surface area (Å²) in [5, 5.41) is 41.3. The molecule has 1 aliphatic heterocycles. The van der Waals surface area contributed by atoms with E-state index in [1.807, 2.05) is 0 Å². The van der Waals surface area contributed by atoms with E-state index in [1.165, 1.54) is 94.8 Å². The predicted octanol–water partition coefficient (Wildman–Crippen LogP) is 8.70. The number of azo groups is 1. The van der Waals surface area contributed by atoms with Gasteiger partial charge in [0.1, 0.15) is 18.1 Å². The van der Waals surface area contributed by atoms with Crippen LogP contribution < -0.4 is 16.0 Å². The lowest BCUT2D eigenvalue weighted by molar-refractivity contribution is -0.237. The number of aromatic nitrogens is 2. The molecule has 0 aromatic carbocycles. The lowest BCUT2D eigenvalue weighted by Gasteiger charge is -2.49. The van der Waals surface area contributed by atoms with Crippen molar-refractivity contribution in [1.29, 1.82) is 5.26 Å². The van der Waals surface area contributed by atoms with Gasteiger partial charge in [-0.05, 0) is 62.2 Å². The highest BCUT2D eigenvalue weighted by molar-refractivity contribution is 7.96. The average molecular weight is 689 g/mol. The van der Waals surface area contributed by atoms with E-state index in [2.05, 4.69) is 71.9 Å². The summed E-state index contributed by atoms with van der Waals surface area (Å²) in [7, 11) is 0. The Hall–Kier alpha value is -1.20. The number of nitriles is 1. The van der Waals surface area contributed by atoms with Crippen LogP contribution in [-0.4, -0.2) is 46.8 Å². The van der Waals surface area contributed by atoms with Crippen LogP contribution in [0, 0.1) is 46.8 Å². The molecular formula is C35H60N8O2S2. The van der Waals surface area contributed by atoms with Crippen LogP contribution in [0.1, 0.15) is 131 Å². The van der Waals surface area contributed by atoms with Crippen LogP contribution in [0.25, 0.3) is 0 Å². The fourth-order valence-electron chi connectivity index (χ4n) is 9.10. The number of nitrogens with one attached hydrogen (secondary N) is 3. The number of rotatable bonds is 14. The molecule has 3 saturated carbocycles. The number of piperidine rings is 1. The van der Waals surface area contributed by atoms with Crippen molar-refractivity contribution in [2.24, 2.45) is 45.7 Å². The molecule has 3 N–H and O–H groups in total. The third-order valence-electron chi connectivity index (χ3n) is 12.0. The maximum Gasteiger partial charge on any atom is 0.252 e. The van der Waals surface area contributed by atoms with Gasteiger partial charge in [0.15, 0.2) is 0 Å². The summed E-state index contributed by atoms with van der Waals surface area (Å²) in [6, 6.07) is 3.29. The molecule has 0 amide bonds. The molecule has 9 atom stereocenters. The number of hydrogen-bond acceptors (Lipinski definition) is 12. The molecular weight excluding hydrogens is 629 g/mol. The van der Waals surface area contributed by atoms with Crippen molar-refractivity contribution in [1.82, 2.24) is 26.1 Å². The van der Waals surface area contributed by atoms with Crippen molar-refractivity contribution in [2.45, 2.75) is 172 Å². The van der Waals surface area contributed by atoms with Crippen LogP contribution >= 0.6 is 23.4 Å². The van der Waals surface area contributed by atoms with Crippen molar-refractivity contribution >= 4 is 28.5 Å². The molecule has 0 radical (unpaired) electrons. The Morgan fingerprint density at radius 1 is 0.830 bits per heavy atom. The van der Waals surface area contributed by atoms with Gasteiger partial charge in [-0.3, -0.25) is 16.0 Å². The zero-order valence-electron chi connectivity index (χ0n) is 29.4. The lowest BCUT2D eigenvalue weighted by atomic mass is 9.72. The largest absolute Gasteiger partial charge is 0.297 e. The first kappa shape index (κ1) is 37.1. The summed E-state index contributed by atoms with van der Waals surface area (Å²) in [4.78, 5) is 5.60. The average Bonchev–Trinajstić information content (AvgIpc) is 3.56. The van der Waals surface area contributed by atoms with Crippen molar-refractivity contribution in [3.63, 3.8) is 0 Å². The van der Waals surface area contributed by atoms with Crippen LogP contribution in [-0.2, 0) is 9.22 Å². The molecule has 4 aliphatic rings. The van der Waals surface area contributed by atoms with E-state index in [0.29, 0.717) is 45.2 Å². The molecule has 2 heterocycles. The molecule has 0 spiro atoms. The highest BCUT2D eigenvalue weighted by Crippen LogP contribution is 2.38. The molecule has 1 aromatic rings. The molecule has 264 valence electrons. The Morgan fingerprint density at radius 3 is 1.96 bits per heavy atom. The minimum atomic E-state index is -0.241. The van der Waals surface area contributed by atoms with Gasteiger partial charge in [-0.1, -0.05) is 104 Å². The molecule has 0 bridgehead atoms. The SMILES string of the molecule is CCC1CCCC(CC)C1NC1NC(NC2C(CC)CCCC2CC)C(N=Nc2nnc(SOOC3CCCCC3)s2)C(C)C1C#N. The van der Waals surface area contributed by atoms with E-state index >= 15 is 0 Å². The van der Waals surface area contributed by atoms with Gasteiger partial charge in [0.2, 0.25) is 4.34 Å². The van der Waals surface area contributed by atoms with Gasteiger partial charge in [0.05, 0.1) is 30.4 Å². The van der Waals surface area contributed by atoms with Crippen molar-refractivity contribution in [2.75, 3.05) is 0 Å². The van der Waals surface area contributed by atoms with Crippen LogP contribution in [0.3, 0.4) is 0 Å². The summed E-state index contributed by atoms with van der Waals surface area (Å²) < 4.78 is 6.09. The lowest BCUT2D eigenvalue weighted by Crippen LogP contribution is -2.71. The summed E-state index contributed by atoms with van der Waals surface area (Å²) in [5.41, 5.74) is 0. The molecule has 4 fully saturated rings. The van der Waals surface area contributed by atoms with Gasteiger partial charge in [-0.25, -0.2) is 4.89 Å². The van der Waals surface area contributed by atoms with Crippen molar-refractivity contribution in [3.8, 4) is 6.07 Å². The molecule has 1 aromatic heterocycles. The van der Waals surface area contributed by atoms with Crippen LogP contribution in [0.2, 0.25) is 0 Å². The second kappa shape index (κ2) is 18.7. The fraction of sp³-hybridized carbons (Fsp3) is 0.914. The standard InChI is InChI=1S/C35H60N8O2S2/c1-6-23-15-13-16-24(7-2)30(23)37-32-28(21-36)22(5)29(33(39-32)38-31-25(8-3)17-14-18-26(31)9-4)40-41-34-42-43-35(46-34)47-45-44-27-19-11-10-12-20-27/h22-33,37-39H,6-20H2,1-5H3. The summed E-state index contributed by atoms with van der Waals surface area (Å²) >= 11 is 2.44. The van der Waals surface area contributed by atoms with Gasteiger partial charge in [-0.15, -0.1) is 15.3 Å². The molecule has 12 heteroatoms. The van der Waals surface area contributed by atoms with Crippen LogP contribution in [0.5, 0.6) is 0 Å². The first-order chi connectivity index (χ1) is 23.0. The van der Waals surface area contributed by atoms with Crippen molar-refractivity contribution < 1.29 is 9.22 Å². The normalized spacial score (nSPS) is 37.2. The fourth-order valence-corrected chi connectivity index (χ4v) is 10.2. The molecule has 10 nitrogen and oxygen atoms in total. The molecule has 3 aliphatic carbocycles. The smallest absolute Gasteiger partial charge is 0.252 e. The van der Waals surface area contributed by atoms with E-state index in [0.717, 1.165) is 24.9 Å². The van der Waals surface area contributed by atoms with E-state index in [1.54, 1.807) is 0 Å². The van der Waals surface area contributed by atoms with Crippen molar-refractivity contribution in [3.05, 3.63) is 0 Å². The maximum atomic E-state index is 10.6. The monoisotopic (exact) mass is 688 g/mol. The highest BCUT2D eigenvalue weighted by atomic mass is 32.2. The third-order valence-corrected chi connectivity index (χ3v) is 13.4. The Labute approximate surface area is 291 Å². The first-order valence-corrected chi connectivity index (χ1v) is 20.5. The second-order valence-corrected chi connectivity index (χ2v) is 16.5. The van der Waals surface area contributed by atoms with E-state index < -0.39 is 0 Å². The van der Waals surface area contributed by atoms with E-state index in [9.17, 15) is 5.26 Å². The summed E-state index contributed by atoms with van der Waals surface area (Å²) in [5.74, 6) is 2.30. The zero-order valence-corrected chi connectivity index (χ0v) is 31.0. The maximum absolute atomic E-state index is 10.6. The zero-order chi connectivity index (χ0) is 33.2. The Balaban J connectivity index is 1.33. The Bertz CT molecular complexity index is 1120. The topological polar surface area (TPSA) is 129 Å². The number of hydrogen-bond donors (Lipinski definition) is 3. The highest BCUT2D eigenvalue weighted by Gasteiger charge is 2.47. The summed E-state index contributed by atoms with van der Waals surface area (Å²) in [6.45, 7) is 11.5. The van der Waals surface area contributed by atoms with Gasteiger partial charge in [0.25, 0.3) is 5.13 Å². The number of nitrogens with zero attached hydrogens (tertiary/aromatic N) is 5.